The van der Waals surface area contributed by atoms with Crippen molar-refractivity contribution in [3.05, 3.63) is 83.5 Å². The first kappa shape index (κ1) is 14.9. The lowest BCUT2D eigenvalue weighted by atomic mass is 9.90. The summed E-state index contributed by atoms with van der Waals surface area (Å²) in [5.41, 5.74) is 2.44. The van der Waals surface area contributed by atoms with Crippen molar-refractivity contribution in [3.8, 4) is 6.07 Å². The molecule has 0 N–H and O–H groups in total. The van der Waals surface area contributed by atoms with Gasteiger partial charge in [-0.05, 0) is 42.1 Å². The third kappa shape index (κ3) is 2.28. The van der Waals surface area contributed by atoms with Gasteiger partial charge in [0.25, 0.3) is 0 Å². The summed E-state index contributed by atoms with van der Waals surface area (Å²) in [7, 11) is -0.290. The largest absolute Gasteiger partial charge is 0.293 e. The van der Waals surface area contributed by atoms with E-state index in [-0.39, 0.29) is 22.2 Å². The number of aryl methyl sites for hydroxylation is 1. The molecule has 2 aromatic rings. The van der Waals surface area contributed by atoms with Crippen LogP contribution >= 0.6 is 10.5 Å². The van der Waals surface area contributed by atoms with Crippen LogP contribution < -0.4 is 0 Å². The normalized spacial score (nSPS) is 21.2. The van der Waals surface area contributed by atoms with Gasteiger partial charge in [0, 0.05) is 15.4 Å². The van der Waals surface area contributed by atoms with E-state index in [0.29, 0.717) is 11.1 Å². The Balaban J connectivity index is 2.03. The molecule has 0 fully saturated rings. The summed E-state index contributed by atoms with van der Waals surface area (Å²) in [5, 5.41) is 9.18. The van der Waals surface area contributed by atoms with Gasteiger partial charge >= 0.3 is 0 Å². The van der Waals surface area contributed by atoms with Gasteiger partial charge in [-0.25, -0.2) is 0 Å². The van der Waals surface area contributed by atoms with Gasteiger partial charge in [0.2, 0.25) is 0 Å². The summed E-state index contributed by atoms with van der Waals surface area (Å²) in [6.45, 7) is 2.07. The summed E-state index contributed by atoms with van der Waals surface area (Å²) in [6, 6.07) is 16.2. The second kappa shape index (κ2) is 5.74. The molecule has 0 saturated heterocycles. The Labute approximate surface area is 143 Å². The third-order valence-electron chi connectivity index (χ3n) is 4.35. The predicted molar refractivity (Wildman–Crippen MR) is 97.6 cm³/mol. The summed E-state index contributed by atoms with van der Waals surface area (Å²) >= 11 is 0. The highest BCUT2D eigenvalue weighted by molar-refractivity contribution is 8.16. The Morgan fingerprint density at radius 2 is 1.88 bits per heavy atom. The molecular weight excluding hydrogens is 314 g/mol. The number of carbonyl (C=O) groups excluding carboxylic acids is 1. The number of allylic oxidation sites excluding steroid dienone is 4. The topological polar surface area (TPSA) is 40.9 Å². The number of ketones is 1. The number of fused-ring (bicyclic) bond motifs is 2. The fourth-order valence-electron chi connectivity index (χ4n) is 3.14. The monoisotopic (exact) mass is 329 g/mol. The smallest absolute Gasteiger partial charge is 0.175 e. The van der Waals surface area contributed by atoms with E-state index in [1.54, 1.807) is 6.07 Å². The molecule has 2 unspecified atom stereocenters. The van der Waals surface area contributed by atoms with Crippen molar-refractivity contribution in [2.45, 2.75) is 16.7 Å². The maximum absolute atomic E-state index is 12.9. The fraction of sp³-hybridized carbons (Fsp3) is 0.0952. The standard InChI is InChI=1S/C21H15NOS/c1-14-6-9-16(10-7-14)24-19-5-3-2-4-17(19)21(23)18-12-15(13-22)8-11-20(18)24/h2-12,17H,1H3. The minimum Gasteiger partial charge on any atom is -0.293 e. The molecular formula is C21H15NOS. The van der Waals surface area contributed by atoms with Crippen molar-refractivity contribution in [3.63, 3.8) is 0 Å². The maximum atomic E-state index is 12.9. The number of rotatable bonds is 1. The average molecular weight is 329 g/mol. The van der Waals surface area contributed by atoms with Crippen molar-refractivity contribution in [2.24, 2.45) is 5.92 Å². The molecule has 0 radical (unpaired) electrons. The van der Waals surface area contributed by atoms with Crippen LogP contribution in [0.4, 0.5) is 0 Å². The van der Waals surface area contributed by atoms with Crippen molar-refractivity contribution in [2.75, 3.05) is 0 Å². The second-order valence-corrected chi connectivity index (χ2v) is 7.93. The predicted octanol–water partition coefficient (Wildman–Crippen LogP) is 4.66. The molecule has 1 aliphatic carbocycles. The highest BCUT2D eigenvalue weighted by atomic mass is 32.2. The lowest BCUT2D eigenvalue weighted by Crippen LogP contribution is -2.27. The molecule has 2 aliphatic rings. The summed E-state index contributed by atoms with van der Waals surface area (Å²) in [5.74, 6) is -0.130. The van der Waals surface area contributed by atoms with Crippen molar-refractivity contribution in [1.29, 1.82) is 5.26 Å². The van der Waals surface area contributed by atoms with Crippen LogP contribution in [0, 0.1) is 24.2 Å². The van der Waals surface area contributed by atoms with Crippen molar-refractivity contribution < 1.29 is 4.79 Å². The Morgan fingerprint density at radius 1 is 1.08 bits per heavy atom. The van der Waals surface area contributed by atoms with E-state index in [4.69, 9.17) is 0 Å². The number of Topliss-reactive ketones (excluding diaryl/α,β-unsaturated/α-hetero) is 1. The number of carbonyl (C=O) groups is 1. The third-order valence-corrected chi connectivity index (χ3v) is 6.75. The van der Waals surface area contributed by atoms with Gasteiger partial charge in [0.05, 0.1) is 17.6 Å². The molecule has 0 bridgehead atoms. The van der Waals surface area contributed by atoms with Gasteiger partial charge < -0.3 is 0 Å². The number of nitrogens with zero attached hydrogens (tertiary/aromatic N) is 1. The molecule has 24 heavy (non-hydrogen) atoms. The van der Waals surface area contributed by atoms with Crippen LogP contribution in [0.15, 0.2) is 76.6 Å². The summed E-state index contributed by atoms with van der Waals surface area (Å²) < 4.78 is 0. The molecule has 0 amide bonds. The molecule has 0 saturated carbocycles. The quantitative estimate of drug-likeness (QED) is 0.714. The van der Waals surface area contributed by atoms with Gasteiger partial charge in [0.15, 0.2) is 5.78 Å². The second-order valence-electron chi connectivity index (χ2n) is 5.93. The van der Waals surface area contributed by atoms with Crippen LogP contribution in [0.2, 0.25) is 0 Å². The number of nitriles is 1. The van der Waals surface area contributed by atoms with Gasteiger partial charge in [0.1, 0.15) is 0 Å². The first-order valence-electron chi connectivity index (χ1n) is 7.80. The summed E-state index contributed by atoms with van der Waals surface area (Å²) in [6.07, 6.45) is 7.98. The molecule has 2 atom stereocenters. The zero-order chi connectivity index (χ0) is 16.7. The first-order chi connectivity index (χ1) is 11.7. The number of benzene rings is 2. The summed E-state index contributed by atoms with van der Waals surface area (Å²) in [4.78, 5) is 16.3. The minimum absolute atomic E-state index is 0.0913. The number of hydrogen-bond acceptors (Lipinski definition) is 2. The maximum Gasteiger partial charge on any atom is 0.175 e. The van der Waals surface area contributed by atoms with Gasteiger partial charge in [-0.1, -0.05) is 42.0 Å². The number of hydrogen-bond donors (Lipinski definition) is 0. The highest BCUT2D eigenvalue weighted by Gasteiger charge is 2.32. The Bertz CT molecular complexity index is 987. The zero-order valence-corrected chi connectivity index (χ0v) is 14.0. The highest BCUT2D eigenvalue weighted by Crippen LogP contribution is 2.46. The van der Waals surface area contributed by atoms with E-state index < -0.39 is 0 Å². The van der Waals surface area contributed by atoms with Crippen LogP contribution in [0.25, 0.3) is 0 Å². The molecule has 3 heteroatoms. The molecule has 0 spiro atoms. The molecule has 1 aliphatic heterocycles. The van der Waals surface area contributed by atoms with Crippen LogP contribution in [-0.4, -0.2) is 10.6 Å². The van der Waals surface area contributed by atoms with Crippen LogP contribution in [-0.2, 0) is 0 Å². The molecule has 0 aromatic heterocycles. The lowest BCUT2D eigenvalue weighted by molar-refractivity contribution is 0.0969. The Kier molecular flexibility index (Phi) is 3.55. The van der Waals surface area contributed by atoms with E-state index in [2.05, 4.69) is 43.3 Å². The molecule has 2 nitrogen and oxygen atoms in total. The van der Waals surface area contributed by atoms with Gasteiger partial charge in [-0.15, -0.1) is 10.5 Å². The van der Waals surface area contributed by atoms with Crippen LogP contribution in [0.5, 0.6) is 0 Å². The van der Waals surface area contributed by atoms with E-state index >= 15 is 0 Å². The SMILES string of the molecule is Cc1ccc(S2=C3C=CC=CC3C(=O)c3cc(C#N)ccc32)cc1. The van der Waals surface area contributed by atoms with E-state index in [0.717, 1.165) is 9.76 Å². The Morgan fingerprint density at radius 3 is 2.62 bits per heavy atom. The van der Waals surface area contributed by atoms with Crippen LogP contribution in [0.1, 0.15) is 21.5 Å². The Hall–Kier alpha value is -2.70. The van der Waals surface area contributed by atoms with E-state index in [1.807, 2.05) is 30.4 Å². The zero-order valence-electron chi connectivity index (χ0n) is 13.2. The average Bonchev–Trinajstić information content (AvgIpc) is 2.63. The first-order valence-corrected chi connectivity index (χ1v) is 9.02. The van der Waals surface area contributed by atoms with Crippen molar-refractivity contribution >= 4 is 21.1 Å². The van der Waals surface area contributed by atoms with Crippen molar-refractivity contribution in [1.82, 2.24) is 0 Å². The molecule has 116 valence electrons. The fourth-order valence-corrected chi connectivity index (χ4v) is 5.56. The van der Waals surface area contributed by atoms with E-state index in [9.17, 15) is 10.1 Å². The lowest BCUT2D eigenvalue weighted by Gasteiger charge is -2.29. The molecule has 4 rings (SSSR count). The van der Waals surface area contributed by atoms with Crippen LogP contribution in [0.3, 0.4) is 0 Å². The van der Waals surface area contributed by atoms with Gasteiger partial charge in [-0.2, -0.15) is 5.26 Å². The molecule has 1 heterocycles. The van der Waals surface area contributed by atoms with Gasteiger partial charge in [-0.3, -0.25) is 4.79 Å². The minimum atomic E-state index is -0.290. The van der Waals surface area contributed by atoms with E-state index in [1.165, 1.54) is 10.5 Å². The molecule has 2 aromatic carbocycles.